The Morgan fingerprint density at radius 1 is 1.05 bits per heavy atom. The second-order valence-corrected chi connectivity index (χ2v) is 6.33. The second-order valence-electron chi connectivity index (χ2n) is 5.56. The quantitative estimate of drug-likeness (QED) is 0.846. The van der Waals surface area contributed by atoms with Gasteiger partial charge in [-0.2, -0.15) is 0 Å². The van der Waals surface area contributed by atoms with Crippen molar-refractivity contribution in [2.45, 2.75) is 6.92 Å². The molecule has 0 spiro atoms. The zero-order valence-corrected chi connectivity index (χ0v) is 15.1. The van der Waals surface area contributed by atoms with E-state index in [-0.39, 0.29) is 0 Å². The van der Waals surface area contributed by atoms with E-state index in [1.165, 1.54) is 5.69 Å². The molecule has 0 unspecified atom stereocenters. The first-order valence-corrected chi connectivity index (χ1v) is 8.44. The lowest BCUT2D eigenvalue weighted by Crippen LogP contribution is -2.52. The summed E-state index contributed by atoms with van der Waals surface area (Å²) in [6, 6.07) is 8.43. The molecule has 0 atom stereocenters. The zero-order valence-electron chi connectivity index (χ0n) is 13.5. The number of anilines is 1. The number of benzene rings is 1. The summed E-state index contributed by atoms with van der Waals surface area (Å²) in [4.78, 5) is 7.50. The molecule has 0 saturated carbocycles. The lowest BCUT2D eigenvalue weighted by Gasteiger charge is -2.37. The molecule has 22 heavy (non-hydrogen) atoms. The fourth-order valence-corrected chi connectivity index (χ4v) is 3.11. The Morgan fingerprint density at radius 2 is 1.59 bits per heavy atom. The van der Waals surface area contributed by atoms with E-state index < -0.39 is 0 Å². The van der Waals surface area contributed by atoms with Gasteiger partial charge in [-0.05, 0) is 43.4 Å². The SMILES string of the molecule is CCNC(=S)N1CCN(C(=S)c2ccc(N(C)C)cc2)CC1. The molecule has 1 aromatic rings. The third-order valence-corrected chi connectivity index (χ3v) is 4.71. The Balaban J connectivity index is 1.93. The average molecular weight is 337 g/mol. The molecule has 0 aromatic heterocycles. The summed E-state index contributed by atoms with van der Waals surface area (Å²) in [7, 11) is 4.08. The van der Waals surface area contributed by atoms with Crippen LogP contribution in [-0.4, -0.2) is 66.7 Å². The van der Waals surface area contributed by atoms with Gasteiger partial charge in [-0.25, -0.2) is 0 Å². The molecular formula is C16H24N4S2. The maximum atomic E-state index is 5.65. The molecule has 4 nitrogen and oxygen atoms in total. The van der Waals surface area contributed by atoms with Gasteiger partial charge >= 0.3 is 0 Å². The molecule has 0 bridgehead atoms. The molecule has 0 aliphatic carbocycles. The molecule has 6 heteroatoms. The van der Waals surface area contributed by atoms with Gasteiger partial charge in [0.1, 0.15) is 4.99 Å². The van der Waals surface area contributed by atoms with Crippen LogP contribution in [0.2, 0.25) is 0 Å². The lowest BCUT2D eigenvalue weighted by atomic mass is 10.1. The van der Waals surface area contributed by atoms with Gasteiger partial charge in [0, 0.05) is 58.1 Å². The monoisotopic (exact) mass is 336 g/mol. The van der Waals surface area contributed by atoms with E-state index in [1.54, 1.807) is 0 Å². The molecule has 1 saturated heterocycles. The molecule has 1 aliphatic rings. The number of thiocarbonyl (C=S) groups is 2. The van der Waals surface area contributed by atoms with E-state index in [1.807, 2.05) is 14.1 Å². The highest BCUT2D eigenvalue weighted by Gasteiger charge is 2.21. The van der Waals surface area contributed by atoms with Crippen LogP contribution in [0.25, 0.3) is 0 Å². The molecule has 1 heterocycles. The van der Waals surface area contributed by atoms with Gasteiger partial charge < -0.3 is 20.0 Å². The van der Waals surface area contributed by atoms with Gasteiger partial charge in [0.15, 0.2) is 5.11 Å². The summed E-state index contributed by atoms with van der Waals surface area (Å²) < 4.78 is 0. The molecule has 1 aromatic carbocycles. The van der Waals surface area contributed by atoms with Crippen LogP contribution in [-0.2, 0) is 0 Å². The van der Waals surface area contributed by atoms with Crippen molar-refractivity contribution in [3.05, 3.63) is 29.8 Å². The predicted molar refractivity (Wildman–Crippen MR) is 102 cm³/mol. The van der Waals surface area contributed by atoms with Gasteiger partial charge in [-0.3, -0.25) is 0 Å². The number of hydrogen-bond donors (Lipinski definition) is 1. The van der Waals surface area contributed by atoms with E-state index in [4.69, 9.17) is 24.4 Å². The maximum absolute atomic E-state index is 5.65. The van der Waals surface area contributed by atoms with Crippen molar-refractivity contribution in [3.63, 3.8) is 0 Å². The molecular weight excluding hydrogens is 312 g/mol. The number of nitrogens with one attached hydrogen (secondary N) is 1. The third-order valence-electron chi connectivity index (χ3n) is 3.81. The summed E-state index contributed by atoms with van der Waals surface area (Å²) in [6.07, 6.45) is 0. The summed E-state index contributed by atoms with van der Waals surface area (Å²) in [5.74, 6) is 0. The molecule has 1 aliphatic heterocycles. The van der Waals surface area contributed by atoms with Gasteiger partial charge in [0.05, 0.1) is 0 Å². The van der Waals surface area contributed by atoms with E-state index in [0.717, 1.165) is 48.4 Å². The van der Waals surface area contributed by atoms with Crippen LogP contribution in [0.3, 0.4) is 0 Å². The topological polar surface area (TPSA) is 21.8 Å². The Kier molecular flexibility index (Phi) is 5.97. The minimum absolute atomic E-state index is 0.850. The Labute approximate surface area is 144 Å². The van der Waals surface area contributed by atoms with E-state index >= 15 is 0 Å². The fourth-order valence-electron chi connectivity index (χ4n) is 2.46. The number of rotatable bonds is 3. The fraction of sp³-hybridized carbons (Fsp3) is 0.500. The Morgan fingerprint density at radius 3 is 2.09 bits per heavy atom. The normalized spacial score (nSPS) is 14.7. The lowest BCUT2D eigenvalue weighted by molar-refractivity contribution is 0.260. The van der Waals surface area contributed by atoms with Crippen molar-refractivity contribution in [3.8, 4) is 0 Å². The van der Waals surface area contributed by atoms with Crippen molar-refractivity contribution in [2.75, 3.05) is 51.7 Å². The van der Waals surface area contributed by atoms with Crippen LogP contribution in [0.1, 0.15) is 12.5 Å². The minimum Gasteiger partial charge on any atom is -0.378 e. The van der Waals surface area contributed by atoms with Crippen molar-refractivity contribution < 1.29 is 0 Å². The van der Waals surface area contributed by atoms with Crippen molar-refractivity contribution in [2.24, 2.45) is 0 Å². The molecule has 0 amide bonds. The van der Waals surface area contributed by atoms with Crippen LogP contribution in [0.15, 0.2) is 24.3 Å². The van der Waals surface area contributed by atoms with Crippen molar-refractivity contribution in [1.82, 2.24) is 15.1 Å². The van der Waals surface area contributed by atoms with Gasteiger partial charge in [-0.15, -0.1) is 0 Å². The summed E-state index contributed by atoms with van der Waals surface area (Å²) >= 11 is 11.0. The van der Waals surface area contributed by atoms with Crippen molar-refractivity contribution >= 4 is 40.2 Å². The third kappa shape index (κ3) is 4.08. The largest absolute Gasteiger partial charge is 0.378 e. The highest BCUT2D eigenvalue weighted by atomic mass is 32.1. The van der Waals surface area contributed by atoms with E-state index in [9.17, 15) is 0 Å². The number of piperazine rings is 1. The predicted octanol–water partition coefficient (Wildman–Crippen LogP) is 1.94. The van der Waals surface area contributed by atoms with E-state index in [0.29, 0.717) is 0 Å². The standard InChI is InChI=1S/C16H24N4S2/c1-4-17-16(22)20-11-9-19(10-12-20)15(21)13-5-7-14(8-6-13)18(2)3/h5-8H,4,9-12H2,1-3H3,(H,17,22). The molecule has 1 N–H and O–H groups in total. The Bertz CT molecular complexity index is 519. The number of hydrogen-bond acceptors (Lipinski definition) is 3. The van der Waals surface area contributed by atoms with Crippen LogP contribution in [0, 0.1) is 0 Å². The minimum atomic E-state index is 0.850. The first kappa shape index (κ1) is 17.0. The molecule has 0 radical (unpaired) electrons. The molecule has 1 fully saturated rings. The van der Waals surface area contributed by atoms with Gasteiger partial charge in [0.2, 0.25) is 0 Å². The van der Waals surface area contributed by atoms with Gasteiger partial charge in [0.25, 0.3) is 0 Å². The summed E-state index contributed by atoms with van der Waals surface area (Å²) in [5.41, 5.74) is 2.30. The van der Waals surface area contributed by atoms with Crippen LogP contribution < -0.4 is 10.2 Å². The highest BCUT2D eigenvalue weighted by molar-refractivity contribution is 7.80. The molecule has 2 rings (SSSR count). The van der Waals surface area contributed by atoms with Crippen LogP contribution in [0.5, 0.6) is 0 Å². The van der Waals surface area contributed by atoms with Crippen LogP contribution >= 0.6 is 24.4 Å². The van der Waals surface area contributed by atoms with Crippen molar-refractivity contribution in [1.29, 1.82) is 0 Å². The van der Waals surface area contributed by atoms with E-state index in [2.05, 4.69) is 51.2 Å². The first-order valence-electron chi connectivity index (χ1n) is 7.62. The smallest absolute Gasteiger partial charge is 0.169 e. The molecule has 120 valence electrons. The highest BCUT2D eigenvalue weighted by Crippen LogP contribution is 2.15. The maximum Gasteiger partial charge on any atom is 0.169 e. The summed E-state index contributed by atoms with van der Waals surface area (Å²) in [5, 5.41) is 4.06. The second kappa shape index (κ2) is 7.74. The zero-order chi connectivity index (χ0) is 16.1. The Hall–Kier alpha value is -1.40. The number of nitrogens with zero attached hydrogens (tertiary/aromatic N) is 3. The average Bonchev–Trinajstić information content (AvgIpc) is 2.54. The van der Waals surface area contributed by atoms with Gasteiger partial charge in [-0.1, -0.05) is 12.2 Å². The van der Waals surface area contributed by atoms with Crippen LogP contribution in [0.4, 0.5) is 5.69 Å². The summed E-state index contributed by atoms with van der Waals surface area (Å²) in [6.45, 7) is 6.61. The first-order chi connectivity index (χ1) is 10.5.